The lowest BCUT2D eigenvalue weighted by Crippen LogP contribution is -2.38. The van der Waals surface area contributed by atoms with Gasteiger partial charge in [-0.25, -0.2) is 4.98 Å². The van der Waals surface area contributed by atoms with Gasteiger partial charge >= 0.3 is 0 Å². The number of aryl methyl sites for hydroxylation is 1. The lowest BCUT2D eigenvalue weighted by Gasteiger charge is -2.31. The molecule has 1 fully saturated rings. The fourth-order valence-corrected chi connectivity index (χ4v) is 2.77. The van der Waals surface area contributed by atoms with Crippen LogP contribution in [0, 0.1) is 0 Å². The number of rotatable bonds is 4. The Hall–Kier alpha value is -1.52. The van der Waals surface area contributed by atoms with Gasteiger partial charge in [-0.05, 0) is 37.1 Å². The Morgan fingerprint density at radius 2 is 1.95 bits per heavy atom. The van der Waals surface area contributed by atoms with E-state index in [-0.39, 0.29) is 0 Å². The summed E-state index contributed by atoms with van der Waals surface area (Å²) in [6, 6.07) is 7.60. The molecule has 0 spiro atoms. The number of halogens is 1. The highest BCUT2D eigenvalue weighted by atomic mass is 35.5. The largest absolute Gasteiger partial charge is 0.490 e. The van der Waals surface area contributed by atoms with E-state index in [9.17, 15) is 0 Å². The van der Waals surface area contributed by atoms with Crippen molar-refractivity contribution in [2.45, 2.75) is 25.5 Å². The third-order valence-electron chi connectivity index (χ3n) is 3.94. The predicted octanol–water partition coefficient (Wildman–Crippen LogP) is 3.12. The lowest BCUT2D eigenvalue weighted by atomic mass is 10.1. The number of hydrogen-bond donors (Lipinski definition) is 0. The number of nitrogens with zero attached hydrogens (tertiary/aromatic N) is 3. The molecule has 0 unspecified atom stereocenters. The Balaban J connectivity index is 1.49. The van der Waals surface area contributed by atoms with Gasteiger partial charge in [0.15, 0.2) is 0 Å². The van der Waals surface area contributed by atoms with Gasteiger partial charge < -0.3 is 9.30 Å². The Labute approximate surface area is 130 Å². The first kappa shape index (κ1) is 14.4. The summed E-state index contributed by atoms with van der Waals surface area (Å²) in [7, 11) is 2.04. The average molecular weight is 306 g/mol. The molecule has 1 aromatic heterocycles. The molecule has 1 aliphatic heterocycles. The van der Waals surface area contributed by atoms with Gasteiger partial charge in [-0.15, -0.1) is 0 Å². The number of likely N-dealkylation sites (tertiary alicyclic amines) is 1. The minimum Gasteiger partial charge on any atom is -0.490 e. The van der Waals surface area contributed by atoms with E-state index in [2.05, 4.69) is 14.5 Å². The van der Waals surface area contributed by atoms with Crippen molar-refractivity contribution in [1.82, 2.24) is 14.5 Å². The normalized spacial score (nSPS) is 17.0. The van der Waals surface area contributed by atoms with Crippen LogP contribution in [0.5, 0.6) is 5.75 Å². The van der Waals surface area contributed by atoms with Crippen LogP contribution >= 0.6 is 11.6 Å². The van der Waals surface area contributed by atoms with Crippen LogP contribution in [0.2, 0.25) is 5.02 Å². The van der Waals surface area contributed by atoms with Gasteiger partial charge in [0.05, 0.1) is 6.54 Å². The summed E-state index contributed by atoms with van der Waals surface area (Å²) in [6.07, 6.45) is 6.24. The molecule has 1 aliphatic rings. The maximum atomic E-state index is 6.01. The Bertz CT molecular complexity index is 573. The zero-order valence-corrected chi connectivity index (χ0v) is 13.0. The summed E-state index contributed by atoms with van der Waals surface area (Å²) in [5.74, 6) is 2.02. The second-order valence-electron chi connectivity index (χ2n) is 5.50. The van der Waals surface area contributed by atoms with Gasteiger partial charge in [-0.3, -0.25) is 4.90 Å². The van der Waals surface area contributed by atoms with Crippen LogP contribution in [-0.4, -0.2) is 33.6 Å². The predicted molar refractivity (Wildman–Crippen MR) is 83.6 cm³/mol. The van der Waals surface area contributed by atoms with Crippen LogP contribution in [0.1, 0.15) is 18.7 Å². The molecule has 1 aromatic carbocycles. The summed E-state index contributed by atoms with van der Waals surface area (Å²) < 4.78 is 8.09. The molecule has 0 atom stereocenters. The number of ether oxygens (including phenoxy) is 1. The van der Waals surface area contributed by atoms with Crippen LogP contribution in [0.4, 0.5) is 0 Å². The highest BCUT2D eigenvalue weighted by Crippen LogP contribution is 2.21. The van der Waals surface area contributed by atoms with Crippen LogP contribution in [-0.2, 0) is 13.6 Å². The van der Waals surface area contributed by atoms with Crippen molar-refractivity contribution in [3.63, 3.8) is 0 Å². The standard InChI is InChI=1S/C16H20ClN3O/c1-19-11-8-18-16(19)12-20-9-6-15(7-10-20)21-14-4-2-13(17)3-5-14/h2-5,8,11,15H,6-7,9-10,12H2,1H3. The first-order valence-corrected chi connectivity index (χ1v) is 7.69. The van der Waals surface area contributed by atoms with E-state index >= 15 is 0 Å². The highest BCUT2D eigenvalue weighted by Gasteiger charge is 2.21. The third kappa shape index (κ3) is 3.77. The van der Waals surface area contributed by atoms with E-state index in [1.807, 2.05) is 43.7 Å². The first-order chi connectivity index (χ1) is 10.2. The van der Waals surface area contributed by atoms with Crippen molar-refractivity contribution in [2.24, 2.45) is 7.05 Å². The molecular formula is C16H20ClN3O. The molecule has 5 heteroatoms. The fourth-order valence-electron chi connectivity index (χ4n) is 2.64. The molecule has 2 aromatic rings. The molecule has 0 aliphatic carbocycles. The minimum absolute atomic E-state index is 0.295. The summed E-state index contributed by atoms with van der Waals surface area (Å²) in [5, 5.41) is 0.743. The number of aromatic nitrogens is 2. The quantitative estimate of drug-likeness (QED) is 0.869. The third-order valence-corrected chi connectivity index (χ3v) is 4.19. The Morgan fingerprint density at radius 1 is 1.24 bits per heavy atom. The lowest BCUT2D eigenvalue weighted by molar-refractivity contribution is 0.0949. The van der Waals surface area contributed by atoms with E-state index in [1.165, 1.54) is 0 Å². The molecule has 4 nitrogen and oxygen atoms in total. The van der Waals surface area contributed by atoms with Gasteiger partial charge in [-0.2, -0.15) is 0 Å². The highest BCUT2D eigenvalue weighted by molar-refractivity contribution is 6.30. The number of piperidine rings is 1. The Morgan fingerprint density at radius 3 is 2.57 bits per heavy atom. The molecule has 0 bridgehead atoms. The fraction of sp³-hybridized carbons (Fsp3) is 0.438. The second-order valence-corrected chi connectivity index (χ2v) is 5.94. The zero-order valence-electron chi connectivity index (χ0n) is 12.2. The molecule has 0 amide bonds. The topological polar surface area (TPSA) is 30.3 Å². The number of benzene rings is 1. The smallest absolute Gasteiger partial charge is 0.122 e. The van der Waals surface area contributed by atoms with Crippen molar-refractivity contribution < 1.29 is 4.74 Å². The van der Waals surface area contributed by atoms with Gasteiger partial charge in [0.2, 0.25) is 0 Å². The Kier molecular flexibility index (Phi) is 4.46. The number of hydrogen-bond acceptors (Lipinski definition) is 3. The van der Waals surface area contributed by atoms with E-state index in [1.54, 1.807) is 0 Å². The zero-order chi connectivity index (χ0) is 14.7. The van der Waals surface area contributed by atoms with Crippen molar-refractivity contribution in [3.8, 4) is 5.75 Å². The van der Waals surface area contributed by atoms with Crippen molar-refractivity contribution in [2.75, 3.05) is 13.1 Å². The summed E-state index contributed by atoms with van der Waals surface area (Å²) in [6.45, 7) is 3.01. The summed E-state index contributed by atoms with van der Waals surface area (Å²) in [4.78, 5) is 6.82. The molecule has 0 N–H and O–H groups in total. The van der Waals surface area contributed by atoms with E-state index in [0.717, 1.165) is 49.1 Å². The van der Waals surface area contributed by atoms with Crippen LogP contribution in [0.15, 0.2) is 36.7 Å². The molecule has 2 heterocycles. The maximum Gasteiger partial charge on any atom is 0.122 e. The number of imidazole rings is 1. The van der Waals surface area contributed by atoms with Gasteiger partial charge in [-0.1, -0.05) is 11.6 Å². The molecular weight excluding hydrogens is 286 g/mol. The second kappa shape index (κ2) is 6.50. The minimum atomic E-state index is 0.295. The monoisotopic (exact) mass is 305 g/mol. The summed E-state index contributed by atoms with van der Waals surface area (Å²) >= 11 is 5.88. The van der Waals surface area contributed by atoms with Crippen LogP contribution < -0.4 is 4.74 Å². The van der Waals surface area contributed by atoms with Crippen LogP contribution in [0.25, 0.3) is 0 Å². The molecule has 1 saturated heterocycles. The van der Waals surface area contributed by atoms with E-state index < -0.39 is 0 Å². The van der Waals surface area contributed by atoms with Crippen molar-refractivity contribution in [3.05, 3.63) is 47.5 Å². The van der Waals surface area contributed by atoms with E-state index in [0.29, 0.717) is 6.10 Å². The average Bonchev–Trinajstić information content (AvgIpc) is 2.89. The molecule has 112 valence electrons. The van der Waals surface area contributed by atoms with Crippen molar-refractivity contribution >= 4 is 11.6 Å². The molecule has 0 saturated carbocycles. The van der Waals surface area contributed by atoms with Gasteiger partial charge in [0, 0.05) is 37.6 Å². The van der Waals surface area contributed by atoms with Crippen LogP contribution in [0.3, 0.4) is 0 Å². The molecule has 3 rings (SSSR count). The molecule has 21 heavy (non-hydrogen) atoms. The maximum absolute atomic E-state index is 6.01. The van der Waals surface area contributed by atoms with E-state index in [4.69, 9.17) is 16.3 Å². The van der Waals surface area contributed by atoms with Gasteiger partial charge in [0.1, 0.15) is 17.7 Å². The SMILES string of the molecule is Cn1ccnc1CN1CCC(Oc2ccc(Cl)cc2)CC1. The van der Waals surface area contributed by atoms with Gasteiger partial charge in [0.25, 0.3) is 0 Å². The molecule has 0 radical (unpaired) electrons. The first-order valence-electron chi connectivity index (χ1n) is 7.31. The summed E-state index contributed by atoms with van der Waals surface area (Å²) in [5.41, 5.74) is 0. The van der Waals surface area contributed by atoms with Crippen molar-refractivity contribution in [1.29, 1.82) is 0 Å².